The monoisotopic (exact) mass is 238 g/mol. The maximum absolute atomic E-state index is 3.47. The van der Waals surface area contributed by atoms with Gasteiger partial charge in [-0.1, -0.05) is 24.5 Å². The third-order valence-electron chi connectivity index (χ3n) is 3.99. The maximum atomic E-state index is 3.47. The molecule has 1 aliphatic rings. The van der Waals surface area contributed by atoms with Crippen molar-refractivity contribution in [1.29, 1.82) is 0 Å². The van der Waals surface area contributed by atoms with Gasteiger partial charge in [0.1, 0.15) is 0 Å². The Hall–Kier alpha value is -0.340. The predicted octanol–water partition coefficient (Wildman–Crippen LogP) is 3.20. The second kappa shape index (κ2) is 6.55. The van der Waals surface area contributed by atoms with Gasteiger partial charge in [-0.05, 0) is 60.7 Å². The van der Waals surface area contributed by atoms with Gasteiger partial charge in [-0.2, -0.15) is 0 Å². The molecule has 100 valence electrons. The zero-order chi connectivity index (χ0) is 12.9. The first-order valence-electron chi connectivity index (χ1n) is 7.06. The van der Waals surface area contributed by atoms with Crippen molar-refractivity contribution < 1.29 is 0 Å². The molecule has 0 saturated carbocycles. The van der Waals surface area contributed by atoms with Gasteiger partial charge < -0.3 is 5.32 Å². The minimum atomic E-state index is 0.205. The van der Waals surface area contributed by atoms with Crippen molar-refractivity contribution in [3.63, 3.8) is 0 Å². The van der Waals surface area contributed by atoms with E-state index in [-0.39, 0.29) is 5.54 Å². The van der Waals surface area contributed by atoms with E-state index in [0.29, 0.717) is 6.04 Å². The lowest BCUT2D eigenvalue weighted by Crippen LogP contribution is -2.56. The Balaban J connectivity index is 2.78. The van der Waals surface area contributed by atoms with Gasteiger partial charge in [-0.3, -0.25) is 4.90 Å². The molecule has 1 N–H and O–H groups in total. The van der Waals surface area contributed by atoms with Crippen molar-refractivity contribution in [2.45, 2.75) is 65.0 Å². The number of nitrogens with zero attached hydrogens (tertiary/aromatic N) is 1. The van der Waals surface area contributed by atoms with Gasteiger partial charge in [0.25, 0.3) is 0 Å². The molecular weight excluding hydrogens is 208 g/mol. The molecule has 2 heteroatoms. The van der Waals surface area contributed by atoms with Gasteiger partial charge in [0.2, 0.25) is 0 Å². The van der Waals surface area contributed by atoms with E-state index in [2.05, 4.69) is 51.0 Å². The summed E-state index contributed by atoms with van der Waals surface area (Å²) >= 11 is 0. The fourth-order valence-electron chi connectivity index (χ4n) is 2.82. The van der Waals surface area contributed by atoms with Gasteiger partial charge >= 0.3 is 0 Å². The predicted molar refractivity (Wildman–Crippen MR) is 76.4 cm³/mol. The summed E-state index contributed by atoms with van der Waals surface area (Å²) in [5, 5.41) is 3.47. The van der Waals surface area contributed by atoms with Crippen LogP contribution in [0.5, 0.6) is 0 Å². The van der Waals surface area contributed by atoms with Crippen molar-refractivity contribution in [2.75, 3.05) is 20.1 Å². The summed E-state index contributed by atoms with van der Waals surface area (Å²) in [7, 11) is 2.07. The molecule has 1 heterocycles. The minimum Gasteiger partial charge on any atom is -0.312 e. The van der Waals surface area contributed by atoms with Crippen LogP contribution in [0, 0.1) is 0 Å². The first kappa shape index (κ1) is 14.7. The molecule has 1 aliphatic heterocycles. The lowest BCUT2D eigenvalue weighted by molar-refractivity contribution is 0.102. The molecule has 0 aliphatic carbocycles. The molecule has 0 radical (unpaired) electrons. The van der Waals surface area contributed by atoms with Crippen LogP contribution in [0.2, 0.25) is 0 Å². The van der Waals surface area contributed by atoms with E-state index < -0.39 is 0 Å². The van der Waals surface area contributed by atoms with Crippen molar-refractivity contribution in [2.24, 2.45) is 0 Å². The van der Waals surface area contributed by atoms with Gasteiger partial charge in [0.05, 0.1) is 0 Å². The van der Waals surface area contributed by atoms with Gasteiger partial charge in [-0.15, -0.1) is 0 Å². The zero-order valence-corrected chi connectivity index (χ0v) is 12.3. The number of likely N-dealkylation sites (N-methyl/N-ethyl adjacent to an activating group) is 1. The van der Waals surface area contributed by atoms with Crippen LogP contribution in [0.15, 0.2) is 11.6 Å². The Bertz CT molecular complexity index is 244. The highest BCUT2D eigenvalue weighted by atomic mass is 15.2. The summed E-state index contributed by atoms with van der Waals surface area (Å²) in [6.45, 7) is 11.6. The van der Waals surface area contributed by atoms with E-state index in [1.54, 1.807) is 0 Å². The third kappa shape index (κ3) is 4.11. The second-order valence-electron chi connectivity index (χ2n) is 6.07. The molecule has 0 aromatic rings. The van der Waals surface area contributed by atoms with Crippen molar-refractivity contribution in [3.8, 4) is 0 Å². The van der Waals surface area contributed by atoms with Crippen molar-refractivity contribution in [1.82, 2.24) is 10.2 Å². The van der Waals surface area contributed by atoms with Crippen molar-refractivity contribution in [3.05, 3.63) is 11.6 Å². The molecule has 0 bridgehead atoms. The molecule has 17 heavy (non-hydrogen) atoms. The normalized spacial score (nSPS) is 20.8. The van der Waals surface area contributed by atoms with Crippen LogP contribution in [-0.2, 0) is 0 Å². The Kier molecular flexibility index (Phi) is 5.68. The topological polar surface area (TPSA) is 15.3 Å². The molecule has 1 rings (SSSR count). The smallest absolute Gasteiger partial charge is 0.0431 e. The first-order valence-corrected chi connectivity index (χ1v) is 7.06. The quantitative estimate of drug-likeness (QED) is 0.757. The highest BCUT2D eigenvalue weighted by molar-refractivity contribution is 5.09. The first-order chi connectivity index (χ1) is 7.98. The number of likely N-dealkylation sites (tertiary alicyclic amines) is 1. The van der Waals surface area contributed by atoms with Crippen LogP contribution in [0.1, 0.15) is 53.4 Å². The standard InChI is InChI=1S/C15H30N2/c1-13(2)12-14(16-5)15(3,4)17-10-8-6-7-9-11-17/h12,14,16H,6-11H2,1-5H3. The number of rotatable bonds is 4. The maximum Gasteiger partial charge on any atom is 0.0431 e. The van der Waals surface area contributed by atoms with Crippen molar-refractivity contribution >= 4 is 0 Å². The average molecular weight is 238 g/mol. The molecular formula is C15H30N2. The van der Waals surface area contributed by atoms with E-state index in [9.17, 15) is 0 Å². The molecule has 0 spiro atoms. The molecule has 1 saturated heterocycles. The Morgan fingerprint density at radius 1 is 1.12 bits per heavy atom. The Morgan fingerprint density at radius 3 is 2.06 bits per heavy atom. The van der Waals surface area contributed by atoms with Crippen LogP contribution in [0.3, 0.4) is 0 Å². The molecule has 1 atom stereocenters. The van der Waals surface area contributed by atoms with Crippen LogP contribution >= 0.6 is 0 Å². The van der Waals surface area contributed by atoms with E-state index in [1.807, 2.05) is 0 Å². The molecule has 0 aromatic carbocycles. The summed E-state index contributed by atoms with van der Waals surface area (Å²) in [6.07, 6.45) is 7.88. The second-order valence-corrected chi connectivity index (χ2v) is 6.07. The van der Waals surface area contributed by atoms with Gasteiger partial charge in [-0.25, -0.2) is 0 Å². The third-order valence-corrected chi connectivity index (χ3v) is 3.99. The largest absolute Gasteiger partial charge is 0.312 e. The Labute approximate surface area is 107 Å². The molecule has 1 fully saturated rings. The summed E-state index contributed by atoms with van der Waals surface area (Å²) < 4.78 is 0. The summed E-state index contributed by atoms with van der Waals surface area (Å²) in [6, 6.07) is 0.436. The Morgan fingerprint density at radius 2 is 1.65 bits per heavy atom. The average Bonchev–Trinajstić information content (AvgIpc) is 2.54. The molecule has 0 amide bonds. The van der Waals surface area contributed by atoms with E-state index >= 15 is 0 Å². The van der Waals surface area contributed by atoms with E-state index in [0.717, 1.165) is 0 Å². The number of hydrogen-bond donors (Lipinski definition) is 1. The fourth-order valence-corrected chi connectivity index (χ4v) is 2.82. The summed E-state index contributed by atoms with van der Waals surface area (Å²) in [5.74, 6) is 0. The number of hydrogen-bond acceptors (Lipinski definition) is 2. The van der Waals surface area contributed by atoms with Gasteiger partial charge in [0.15, 0.2) is 0 Å². The van der Waals surface area contributed by atoms with Crippen LogP contribution < -0.4 is 5.32 Å². The van der Waals surface area contributed by atoms with Crippen LogP contribution in [-0.4, -0.2) is 36.6 Å². The molecule has 1 unspecified atom stereocenters. The fraction of sp³-hybridized carbons (Fsp3) is 0.867. The van der Waals surface area contributed by atoms with E-state index in [1.165, 1.54) is 44.3 Å². The summed E-state index contributed by atoms with van der Waals surface area (Å²) in [5.41, 5.74) is 1.60. The van der Waals surface area contributed by atoms with Crippen LogP contribution in [0.25, 0.3) is 0 Å². The number of allylic oxidation sites excluding steroid dienone is 1. The van der Waals surface area contributed by atoms with Gasteiger partial charge in [0, 0.05) is 11.6 Å². The SMILES string of the molecule is CNC(C=C(C)C)C(C)(C)N1CCCCCC1. The lowest BCUT2D eigenvalue weighted by atomic mass is 9.90. The minimum absolute atomic E-state index is 0.205. The highest BCUT2D eigenvalue weighted by Crippen LogP contribution is 2.24. The highest BCUT2D eigenvalue weighted by Gasteiger charge is 2.33. The van der Waals surface area contributed by atoms with E-state index in [4.69, 9.17) is 0 Å². The summed E-state index contributed by atoms with van der Waals surface area (Å²) in [4.78, 5) is 2.67. The lowest BCUT2D eigenvalue weighted by Gasteiger charge is -2.43. The number of nitrogens with one attached hydrogen (secondary N) is 1. The molecule has 0 aromatic heterocycles. The molecule has 2 nitrogen and oxygen atoms in total. The zero-order valence-electron chi connectivity index (χ0n) is 12.3. The van der Waals surface area contributed by atoms with Crippen LogP contribution in [0.4, 0.5) is 0 Å².